The number of ether oxygens (including phenoxy) is 2. The zero-order valence-electron chi connectivity index (χ0n) is 15.7. The fraction of sp³-hybridized carbons (Fsp3) is 0.409. The van der Waals surface area contributed by atoms with Crippen LogP contribution in [0.3, 0.4) is 0 Å². The summed E-state index contributed by atoms with van der Waals surface area (Å²) in [6.07, 6.45) is 8.95. The van der Waals surface area contributed by atoms with Crippen molar-refractivity contribution in [2.24, 2.45) is 7.05 Å². The molecule has 0 atom stereocenters. The van der Waals surface area contributed by atoms with Gasteiger partial charge in [0.1, 0.15) is 24.7 Å². The second kappa shape index (κ2) is 6.80. The maximum absolute atomic E-state index is 5.67. The molecule has 0 saturated heterocycles. The van der Waals surface area contributed by atoms with Crippen LogP contribution in [-0.4, -0.2) is 22.8 Å². The van der Waals surface area contributed by atoms with Crippen LogP contribution in [0.1, 0.15) is 43.6 Å². The highest BCUT2D eigenvalue weighted by Gasteiger charge is 2.20. The van der Waals surface area contributed by atoms with Crippen LogP contribution in [0.25, 0.3) is 11.0 Å². The van der Waals surface area contributed by atoms with Crippen LogP contribution in [0.5, 0.6) is 11.5 Å². The van der Waals surface area contributed by atoms with E-state index in [1.807, 2.05) is 18.2 Å². The zero-order chi connectivity index (χ0) is 18.2. The van der Waals surface area contributed by atoms with Crippen LogP contribution in [0, 0.1) is 0 Å². The Morgan fingerprint density at radius 3 is 2.67 bits per heavy atom. The second-order valence-electron chi connectivity index (χ2n) is 7.58. The normalized spacial score (nSPS) is 17.2. The monoisotopic (exact) mass is 363 g/mol. The Labute approximate surface area is 159 Å². The van der Waals surface area contributed by atoms with Crippen molar-refractivity contribution in [3.63, 3.8) is 0 Å². The minimum absolute atomic E-state index is 0.591. The maximum atomic E-state index is 5.67. The first kappa shape index (κ1) is 16.5. The molecule has 5 nitrogen and oxygen atoms in total. The van der Waals surface area contributed by atoms with Gasteiger partial charge in [0.2, 0.25) is 0 Å². The summed E-state index contributed by atoms with van der Waals surface area (Å²) in [5.41, 5.74) is 3.46. The first-order chi connectivity index (χ1) is 13.3. The summed E-state index contributed by atoms with van der Waals surface area (Å²) in [5, 5.41) is 4.69. The number of fused-ring (bicyclic) bond motifs is 2. The van der Waals surface area contributed by atoms with E-state index in [0.29, 0.717) is 19.1 Å². The summed E-state index contributed by atoms with van der Waals surface area (Å²) in [4.78, 5) is 4.88. The third-order valence-electron chi connectivity index (χ3n) is 5.71. The molecule has 1 fully saturated rings. The van der Waals surface area contributed by atoms with Gasteiger partial charge >= 0.3 is 0 Å². The molecule has 2 aliphatic rings. The Balaban J connectivity index is 1.44. The highest BCUT2D eigenvalue weighted by molar-refractivity contribution is 5.83. The van der Waals surface area contributed by atoms with E-state index in [2.05, 4.69) is 35.3 Å². The van der Waals surface area contributed by atoms with E-state index >= 15 is 0 Å². The summed E-state index contributed by atoms with van der Waals surface area (Å²) < 4.78 is 13.4. The van der Waals surface area contributed by atoms with Gasteiger partial charge < -0.3 is 19.4 Å². The third-order valence-corrected chi connectivity index (χ3v) is 5.71. The number of nitrogens with one attached hydrogen (secondary N) is 1. The van der Waals surface area contributed by atoms with E-state index in [1.165, 1.54) is 43.1 Å². The second-order valence-corrected chi connectivity index (χ2v) is 7.58. The molecule has 3 aromatic rings. The molecule has 0 spiro atoms. The third kappa shape index (κ3) is 3.11. The predicted octanol–water partition coefficient (Wildman–Crippen LogP) is 5.14. The molecule has 5 rings (SSSR count). The fourth-order valence-corrected chi connectivity index (χ4v) is 4.36. The van der Waals surface area contributed by atoms with Crippen molar-refractivity contribution in [3.8, 4) is 11.5 Å². The van der Waals surface area contributed by atoms with Crippen molar-refractivity contribution >= 4 is 22.5 Å². The average Bonchev–Trinajstić information content (AvgIpc) is 3.05. The summed E-state index contributed by atoms with van der Waals surface area (Å²) in [6, 6.07) is 10.2. The van der Waals surface area contributed by atoms with Gasteiger partial charge in [-0.15, -0.1) is 0 Å². The molecular weight excluding hydrogens is 338 g/mol. The summed E-state index contributed by atoms with van der Waals surface area (Å²) in [5.74, 6) is 3.11. The highest BCUT2D eigenvalue weighted by atomic mass is 16.6. The van der Waals surface area contributed by atoms with E-state index in [9.17, 15) is 0 Å². The lowest BCUT2D eigenvalue weighted by Crippen LogP contribution is -2.15. The lowest BCUT2D eigenvalue weighted by Gasteiger charge is -2.21. The molecule has 1 aromatic carbocycles. The molecule has 0 bridgehead atoms. The van der Waals surface area contributed by atoms with Crippen LogP contribution >= 0.6 is 0 Å². The van der Waals surface area contributed by atoms with Crippen molar-refractivity contribution < 1.29 is 9.47 Å². The quantitative estimate of drug-likeness (QED) is 0.700. The van der Waals surface area contributed by atoms with Crippen LogP contribution in [0.4, 0.5) is 11.5 Å². The number of hydrogen-bond donors (Lipinski definition) is 1. The number of rotatable bonds is 3. The van der Waals surface area contributed by atoms with Gasteiger partial charge in [-0.1, -0.05) is 19.3 Å². The molecule has 140 valence electrons. The maximum Gasteiger partial charge on any atom is 0.163 e. The minimum Gasteiger partial charge on any atom is -0.486 e. The Bertz CT molecular complexity index is 973. The van der Waals surface area contributed by atoms with Gasteiger partial charge in [0.25, 0.3) is 0 Å². The zero-order valence-corrected chi connectivity index (χ0v) is 15.7. The molecule has 0 radical (unpaired) electrons. The van der Waals surface area contributed by atoms with Gasteiger partial charge in [-0.05, 0) is 48.6 Å². The average molecular weight is 363 g/mol. The number of anilines is 2. The number of benzene rings is 1. The minimum atomic E-state index is 0.591. The summed E-state index contributed by atoms with van der Waals surface area (Å²) >= 11 is 0. The Morgan fingerprint density at radius 2 is 1.81 bits per heavy atom. The van der Waals surface area contributed by atoms with E-state index in [1.54, 1.807) is 0 Å². The van der Waals surface area contributed by atoms with Gasteiger partial charge in [-0.3, -0.25) is 0 Å². The molecule has 0 unspecified atom stereocenters. The van der Waals surface area contributed by atoms with Gasteiger partial charge in [0.15, 0.2) is 11.5 Å². The molecular formula is C22H25N3O2. The molecule has 1 N–H and O–H groups in total. The standard InChI is InChI=1S/C22H25N3O2/c1-25-14-18(15-5-3-2-4-6-15)17-8-10-21(24-22(17)25)23-16-7-9-19-20(13-16)27-12-11-26-19/h7-10,13-15H,2-6,11-12H2,1H3,(H,23,24). The topological polar surface area (TPSA) is 48.3 Å². The molecule has 1 aliphatic carbocycles. The fourth-order valence-electron chi connectivity index (χ4n) is 4.36. The molecule has 2 aromatic heterocycles. The van der Waals surface area contributed by atoms with Crippen LogP contribution in [0.2, 0.25) is 0 Å². The van der Waals surface area contributed by atoms with Gasteiger partial charge in [-0.25, -0.2) is 4.98 Å². The first-order valence-corrected chi connectivity index (χ1v) is 9.90. The van der Waals surface area contributed by atoms with Crippen molar-refractivity contribution in [1.29, 1.82) is 0 Å². The first-order valence-electron chi connectivity index (χ1n) is 9.90. The Morgan fingerprint density at radius 1 is 1.00 bits per heavy atom. The van der Waals surface area contributed by atoms with E-state index < -0.39 is 0 Å². The highest BCUT2D eigenvalue weighted by Crippen LogP contribution is 2.38. The number of pyridine rings is 1. The van der Waals surface area contributed by atoms with Crippen LogP contribution in [-0.2, 0) is 7.05 Å². The van der Waals surface area contributed by atoms with Gasteiger partial charge in [-0.2, -0.15) is 0 Å². The van der Waals surface area contributed by atoms with E-state index in [4.69, 9.17) is 14.5 Å². The summed E-state index contributed by atoms with van der Waals surface area (Å²) in [6.45, 7) is 1.20. The lowest BCUT2D eigenvalue weighted by atomic mass is 9.84. The molecule has 1 aliphatic heterocycles. The van der Waals surface area contributed by atoms with Crippen molar-refractivity contribution in [1.82, 2.24) is 9.55 Å². The lowest BCUT2D eigenvalue weighted by molar-refractivity contribution is 0.171. The largest absolute Gasteiger partial charge is 0.486 e. The smallest absolute Gasteiger partial charge is 0.163 e. The van der Waals surface area contributed by atoms with Crippen molar-refractivity contribution in [2.75, 3.05) is 18.5 Å². The molecule has 3 heterocycles. The SMILES string of the molecule is Cn1cc(C2CCCCC2)c2ccc(Nc3ccc4c(c3)OCCO4)nc21. The Hall–Kier alpha value is -2.69. The van der Waals surface area contributed by atoms with E-state index in [-0.39, 0.29) is 0 Å². The Kier molecular flexibility index (Phi) is 4.15. The molecule has 1 saturated carbocycles. The van der Waals surface area contributed by atoms with Gasteiger partial charge in [0, 0.05) is 30.4 Å². The van der Waals surface area contributed by atoms with Crippen LogP contribution in [0.15, 0.2) is 36.5 Å². The summed E-state index contributed by atoms with van der Waals surface area (Å²) in [7, 11) is 2.09. The molecule has 5 heteroatoms. The van der Waals surface area contributed by atoms with Crippen molar-refractivity contribution in [3.05, 3.63) is 42.1 Å². The number of aromatic nitrogens is 2. The molecule has 0 amide bonds. The predicted molar refractivity (Wildman–Crippen MR) is 107 cm³/mol. The molecule has 27 heavy (non-hydrogen) atoms. The number of nitrogens with zero attached hydrogens (tertiary/aromatic N) is 2. The van der Waals surface area contributed by atoms with Crippen LogP contribution < -0.4 is 14.8 Å². The van der Waals surface area contributed by atoms with Gasteiger partial charge in [0.05, 0.1) is 0 Å². The van der Waals surface area contributed by atoms with Crippen molar-refractivity contribution in [2.45, 2.75) is 38.0 Å². The number of aryl methyl sites for hydroxylation is 1. The number of hydrogen-bond acceptors (Lipinski definition) is 4. The van der Waals surface area contributed by atoms with E-state index in [0.717, 1.165) is 28.7 Å².